The first kappa shape index (κ1) is 11.4. The maximum Gasteiger partial charge on any atom is 0.420 e. The number of fused-ring (bicyclic) bond motifs is 1. The van der Waals surface area contributed by atoms with Gasteiger partial charge in [-0.1, -0.05) is 6.07 Å². The summed E-state index contributed by atoms with van der Waals surface area (Å²) < 4.78 is 6.25. The lowest BCUT2D eigenvalue weighted by Gasteiger charge is -2.01. The molecule has 0 aliphatic heterocycles. The highest BCUT2D eigenvalue weighted by molar-refractivity contribution is 5.79. The molecule has 0 aliphatic rings. The molecule has 0 spiro atoms. The molecule has 0 bridgehead atoms. The Morgan fingerprint density at radius 3 is 2.94 bits per heavy atom. The van der Waals surface area contributed by atoms with Gasteiger partial charge in [0.2, 0.25) is 5.91 Å². The standard InChI is InChI=1S/C11H12N2O4/c1-12-10(15)5-13-8-3-2-7(6-14)4-9(8)17-11(13)16/h2-4,14H,5-6H2,1H3,(H,12,15). The molecule has 2 rings (SSSR count). The van der Waals surface area contributed by atoms with E-state index >= 15 is 0 Å². The van der Waals surface area contributed by atoms with E-state index in [0.29, 0.717) is 16.7 Å². The third-order valence-corrected chi connectivity index (χ3v) is 2.50. The van der Waals surface area contributed by atoms with Crippen molar-refractivity contribution in [3.8, 4) is 0 Å². The van der Waals surface area contributed by atoms with Crippen LogP contribution in [0.4, 0.5) is 0 Å². The average molecular weight is 236 g/mol. The van der Waals surface area contributed by atoms with Gasteiger partial charge in [0.1, 0.15) is 6.54 Å². The van der Waals surface area contributed by atoms with Gasteiger partial charge in [0.15, 0.2) is 5.58 Å². The number of nitrogens with zero attached hydrogens (tertiary/aromatic N) is 1. The molecule has 90 valence electrons. The van der Waals surface area contributed by atoms with Gasteiger partial charge in [0.05, 0.1) is 12.1 Å². The Kier molecular flexibility index (Phi) is 2.97. The van der Waals surface area contributed by atoms with Crippen LogP contribution in [-0.2, 0) is 17.9 Å². The summed E-state index contributed by atoms with van der Waals surface area (Å²) in [5.74, 6) is -0.861. The lowest BCUT2D eigenvalue weighted by molar-refractivity contribution is -0.121. The molecule has 1 aromatic heterocycles. The second-order valence-corrected chi connectivity index (χ2v) is 3.59. The lowest BCUT2D eigenvalue weighted by Crippen LogP contribution is -2.27. The number of carbonyl (C=O) groups is 1. The van der Waals surface area contributed by atoms with Gasteiger partial charge in [-0.2, -0.15) is 0 Å². The third-order valence-electron chi connectivity index (χ3n) is 2.50. The first-order chi connectivity index (χ1) is 8.15. The van der Waals surface area contributed by atoms with E-state index in [1.165, 1.54) is 11.6 Å². The highest BCUT2D eigenvalue weighted by atomic mass is 16.4. The van der Waals surface area contributed by atoms with E-state index < -0.39 is 5.76 Å². The maximum atomic E-state index is 11.5. The Labute approximate surface area is 96.5 Å². The van der Waals surface area contributed by atoms with Gasteiger partial charge in [-0.05, 0) is 17.7 Å². The van der Waals surface area contributed by atoms with Crippen molar-refractivity contribution in [3.63, 3.8) is 0 Å². The quantitative estimate of drug-likeness (QED) is 0.775. The third kappa shape index (κ3) is 2.07. The maximum absolute atomic E-state index is 11.5. The fourth-order valence-corrected chi connectivity index (χ4v) is 1.58. The molecule has 0 fully saturated rings. The Hall–Kier alpha value is -2.08. The number of likely N-dealkylation sites (N-methyl/N-ethyl adjacent to an activating group) is 1. The van der Waals surface area contributed by atoms with Gasteiger partial charge < -0.3 is 14.8 Å². The number of rotatable bonds is 3. The summed E-state index contributed by atoms with van der Waals surface area (Å²) >= 11 is 0. The number of benzene rings is 1. The highest BCUT2D eigenvalue weighted by Crippen LogP contribution is 2.15. The summed E-state index contributed by atoms with van der Waals surface area (Å²) in [7, 11) is 1.50. The number of nitrogens with one attached hydrogen (secondary N) is 1. The van der Waals surface area contributed by atoms with Crippen molar-refractivity contribution in [1.82, 2.24) is 9.88 Å². The molecular formula is C11H12N2O4. The summed E-state index contributed by atoms with van der Waals surface area (Å²) in [4.78, 5) is 22.8. The number of hydrogen-bond donors (Lipinski definition) is 2. The average Bonchev–Trinajstić information content (AvgIpc) is 2.64. The molecule has 0 radical (unpaired) electrons. The zero-order chi connectivity index (χ0) is 12.4. The van der Waals surface area contributed by atoms with Crippen molar-refractivity contribution in [2.75, 3.05) is 7.05 Å². The monoisotopic (exact) mass is 236 g/mol. The van der Waals surface area contributed by atoms with Crippen LogP contribution in [-0.4, -0.2) is 22.6 Å². The number of oxazole rings is 1. The number of hydrogen-bond acceptors (Lipinski definition) is 4. The molecule has 0 saturated carbocycles. The van der Waals surface area contributed by atoms with Crippen molar-refractivity contribution in [1.29, 1.82) is 0 Å². The summed E-state index contributed by atoms with van der Waals surface area (Å²) in [6, 6.07) is 4.91. The van der Waals surface area contributed by atoms with Crippen LogP contribution in [0.5, 0.6) is 0 Å². The van der Waals surface area contributed by atoms with E-state index in [2.05, 4.69) is 5.32 Å². The number of carbonyl (C=O) groups excluding carboxylic acids is 1. The Morgan fingerprint density at radius 2 is 2.29 bits per heavy atom. The predicted octanol–water partition coefficient (Wildman–Crippen LogP) is -0.167. The first-order valence-electron chi connectivity index (χ1n) is 5.09. The second kappa shape index (κ2) is 4.42. The molecule has 2 N–H and O–H groups in total. The molecule has 0 saturated heterocycles. The molecule has 1 heterocycles. The summed E-state index contributed by atoms with van der Waals surface area (Å²) in [5.41, 5.74) is 1.56. The zero-order valence-corrected chi connectivity index (χ0v) is 9.27. The molecule has 2 aromatic rings. The Morgan fingerprint density at radius 1 is 1.53 bits per heavy atom. The van der Waals surface area contributed by atoms with Gasteiger partial charge in [0.25, 0.3) is 0 Å². The van der Waals surface area contributed by atoms with Gasteiger partial charge >= 0.3 is 5.76 Å². The number of amides is 1. The van der Waals surface area contributed by atoms with Crippen molar-refractivity contribution < 1.29 is 14.3 Å². The van der Waals surface area contributed by atoms with Gasteiger partial charge in [-0.15, -0.1) is 0 Å². The van der Waals surface area contributed by atoms with Crippen LogP contribution < -0.4 is 11.1 Å². The van der Waals surface area contributed by atoms with Crippen LogP contribution in [0.15, 0.2) is 27.4 Å². The molecule has 0 aliphatic carbocycles. The van der Waals surface area contributed by atoms with Crippen molar-refractivity contribution in [2.45, 2.75) is 13.2 Å². The number of aliphatic hydroxyl groups is 1. The van der Waals surface area contributed by atoms with Gasteiger partial charge in [0, 0.05) is 7.05 Å². The van der Waals surface area contributed by atoms with E-state index in [1.807, 2.05) is 0 Å². The van der Waals surface area contributed by atoms with Crippen molar-refractivity contribution >= 4 is 17.0 Å². The SMILES string of the molecule is CNC(=O)Cn1c(=O)oc2cc(CO)ccc21. The molecule has 6 heteroatoms. The van der Waals surface area contributed by atoms with E-state index in [4.69, 9.17) is 9.52 Å². The Balaban J connectivity index is 2.52. The van der Waals surface area contributed by atoms with E-state index in [-0.39, 0.29) is 19.1 Å². The molecular weight excluding hydrogens is 224 g/mol. The molecule has 1 amide bonds. The van der Waals surface area contributed by atoms with Crippen LogP contribution in [0.1, 0.15) is 5.56 Å². The highest BCUT2D eigenvalue weighted by Gasteiger charge is 2.12. The lowest BCUT2D eigenvalue weighted by atomic mass is 10.2. The number of aromatic nitrogens is 1. The fraction of sp³-hybridized carbons (Fsp3) is 0.273. The molecule has 6 nitrogen and oxygen atoms in total. The minimum atomic E-state index is -0.585. The Bertz CT molecular complexity index is 611. The number of aliphatic hydroxyl groups excluding tert-OH is 1. The van der Waals surface area contributed by atoms with Crippen LogP contribution in [0.2, 0.25) is 0 Å². The smallest absolute Gasteiger partial charge is 0.408 e. The van der Waals surface area contributed by atoms with E-state index in [1.54, 1.807) is 18.2 Å². The van der Waals surface area contributed by atoms with Crippen molar-refractivity contribution in [3.05, 3.63) is 34.3 Å². The van der Waals surface area contributed by atoms with Crippen molar-refractivity contribution in [2.24, 2.45) is 0 Å². The summed E-state index contributed by atoms with van der Waals surface area (Å²) in [5, 5.41) is 11.4. The van der Waals surface area contributed by atoms with Gasteiger partial charge in [-0.3, -0.25) is 9.36 Å². The molecule has 0 atom stereocenters. The topological polar surface area (TPSA) is 84.5 Å². The predicted molar refractivity (Wildman–Crippen MR) is 60.5 cm³/mol. The zero-order valence-electron chi connectivity index (χ0n) is 9.27. The van der Waals surface area contributed by atoms with E-state index in [9.17, 15) is 9.59 Å². The fourth-order valence-electron chi connectivity index (χ4n) is 1.58. The largest absolute Gasteiger partial charge is 0.420 e. The second-order valence-electron chi connectivity index (χ2n) is 3.59. The molecule has 17 heavy (non-hydrogen) atoms. The minimum absolute atomic E-state index is 0.0825. The minimum Gasteiger partial charge on any atom is -0.408 e. The molecule has 1 aromatic carbocycles. The first-order valence-corrected chi connectivity index (χ1v) is 5.09. The van der Waals surface area contributed by atoms with Gasteiger partial charge in [-0.25, -0.2) is 4.79 Å². The summed E-state index contributed by atoms with van der Waals surface area (Å²) in [6.45, 7) is -0.207. The molecule has 0 unspecified atom stereocenters. The van der Waals surface area contributed by atoms with Crippen LogP contribution in [0.25, 0.3) is 11.1 Å². The van der Waals surface area contributed by atoms with Crippen LogP contribution >= 0.6 is 0 Å². The summed E-state index contributed by atoms with van der Waals surface area (Å²) in [6.07, 6.45) is 0. The normalized spacial score (nSPS) is 10.7. The van der Waals surface area contributed by atoms with E-state index in [0.717, 1.165) is 0 Å². The van der Waals surface area contributed by atoms with Crippen LogP contribution in [0, 0.1) is 0 Å². The van der Waals surface area contributed by atoms with Crippen LogP contribution in [0.3, 0.4) is 0 Å².